The Labute approximate surface area is 125 Å². The van der Waals surface area contributed by atoms with Crippen LogP contribution in [-0.2, 0) is 0 Å². The molecule has 0 saturated heterocycles. The summed E-state index contributed by atoms with van der Waals surface area (Å²) < 4.78 is 5.42. The zero-order valence-electron chi connectivity index (χ0n) is 12.9. The summed E-state index contributed by atoms with van der Waals surface area (Å²) in [5, 5.41) is 5.78. The number of thiophene rings is 1. The first-order chi connectivity index (χ1) is 9.58. The van der Waals surface area contributed by atoms with E-state index in [-0.39, 0.29) is 6.04 Å². The molecule has 1 N–H and O–H groups in total. The van der Waals surface area contributed by atoms with Crippen LogP contribution >= 0.6 is 11.3 Å². The topological polar surface area (TPSA) is 21.3 Å². The van der Waals surface area contributed by atoms with Gasteiger partial charge < -0.3 is 10.1 Å². The van der Waals surface area contributed by atoms with Crippen molar-refractivity contribution in [2.24, 2.45) is 0 Å². The van der Waals surface area contributed by atoms with Crippen molar-refractivity contribution < 1.29 is 4.74 Å². The van der Waals surface area contributed by atoms with Crippen LogP contribution in [0, 0.1) is 20.8 Å². The normalized spacial score (nSPS) is 12.4. The average Bonchev–Trinajstić information content (AvgIpc) is 2.84. The fourth-order valence-electron chi connectivity index (χ4n) is 2.57. The van der Waals surface area contributed by atoms with Gasteiger partial charge in [0, 0.05) is 4.88 Å². The van der Waals surface area contributed by atoms with E-state index in [1.54, 1.807) is 7.11 Å². The van der Waals surface area contributed by atoms with Crippen LogP contribution in [0.4, 0.5) is 0 Å². The summed E-state index contributed by atoms with van der Waals surface area (Å²) in [5.74, 6) is 0.962. The van der Waals surface area contributed by atoms with Gasteiger partial charge in [-0.3, -0.25) is 0 Å². The molecule has 1 aromatic carbocycles. The number of nitrogens with one attached hydrogen (secondary N) is 1. The lowest BCUT2D eigenvalue weighted by Crippen LogP contribution is -2.22. The Morgan fingerprint density at radius 3 is 2.45 bits per heavy atom. The van der Waals surface area contributed by atoms with Crippen molar-refractivity contribution >= 4 is 11.3 Å². The maximum absolute atomic E-state index is 5.42. The largest absolute Gasteiger partial charge is 0.496 e. The molecule has 108 valence electrons. The predicted octanol–water partition coefficient (Wildman–Crippen LogP) is 4.38. The summed E-state index contributed by atoms with van der Waals surface area (Å²) in [6.45, 7) is 9.55. The van der Waals surface area contributed by atoms with Gasteiger partial charge in [0.15, 0.2) is 0 Å². The van der Waals surface area contributed by atoms with Crippen LogP contribution in [0.25, 0.3) is 0 Å². The standard InChI is InChI=1S/C17H23NOS/c1-6-18-16(17-11(2)7-8-20-17)14-9-13(4)15(19-5)10-12(14)3/h7-10,16,18H,6H2,1-5H3. The zero-order chi connectivity index (χ0) is 14.7. The highest BCUT2D eigenvalue weighted by Crippen LogP contribution is 2.34. The van der Waals surface area contributed by atoms with Gasteiger partial charge in [-0.1, -0.05) is 13.0 Å². The van der Waals surface area contributed by atoms with E-state index in [9.17, 15) is 0 Å². The van der Waals surface area contributed by atoms with Crippen molar-refractivity contribution in [2.45, 2.75) is 33.7 Å². The van der Waals surface area contributed by atoms with Crippen molar-refractivity contribution in [1.82, 2.24) is 5.32 Å². The van der Waals surface area contributed by atoms with Crippen LogP contribution < -0.4 is 10.1 Å². The minimum absolute atomic E-state index is 0.268. The summed E-state index contributed by atoms with van der Waals surface area (Å²) in [4.78, 5) is 1.40. The lowest BCUT2D eigenvalue weighted by Gasteiger charge is -2.22. The van der Waals surface area contributed by atoms with Gasteiger partial charge in [-0.25, -0.2) is 0 Å². The van der Waals surface area contributed by atoms with Gasteiger partial charge in [-0.15, -0.1) is 11.3 Å². The molecule has 2 rings (SSSR count). The Kier molecular flexibility index (Phi) is 4.84. The van der Waals surface area contributed by atoms with E-state index in [2.05, 4.69) is 56.6 Å². The quantitative estimate of drug-likeness (QED) is 0.882. The molecule has 0 bridgehead atoms. The Morgan fingerprint density at radius 2 is 1.90 bits per heavy atom. The van der Waals surface area contributed by atoms with Gasteiger partial charge in [0.25, 0.3) is 0 Å². The third-order valence-corrected chi connectivity index (χ3v) is 4.75. The van der Waals surface area contributed by atoms with E-state index >= 15 is 0 Å². The molecule has 0 aliphatic heterocycles. The minimum atomic E-state index is 0.268. The number of aryl methyl sites for hydroxylation is 3. The molecular formula is C17H23NOS. The molecule has 1 atom stereocenters. The van der Waals surface area contributed by atoms with Gasteiger partial charge in [-0.05, 0) is 67.1 Å². The second-order valence-electron chi connectivity index (χ2n) is 5.14. The molecule has 1 heterocycles. The average molecular weight is 289 g/mol. The summed E-state index contributed by atoms with van der Waals surface area (Å²) in [5.41, 5.74) is 5.15. The van der Waals surface area contributed by atoms with E-state index in [0.29, 0.717) is 0 Å². The molecule has 2 nitrogen and oxygen atoms in total. The van der Waals surface area contributed by atoms with Crippen molar-refractivity contribution in [3.05, 3.63) is 50.7 Å². The molecule has 0 radical (unpaired) electrons. The molecule has 2 aromatic rings. The first kappa shape index (κ1) is 15.1. The van der Waals surface area contributed by atoms with E-state index in [0.717, 1.165) is 12.3 Å². The number of hydrogen-bond acceptors (Lipinski definition) is 3. The van der Waals surface area contributed by atoms with Gasteiger partial charge in [0.05, 0.1) is 13.2 Å². The lowest BCUT2D eigenvalue weighted by molar-refractivity contribution is 0.411. The molecule has 0 amide bonds. The van der Waals surface area contributed by atoms with Crippen molar-refractivity contribution in [3.8, 4) is 5.75 Å². The summed E-state index contributed by atoms with van der Waals surface area (Å²) >= 11 is 1.82. The number of hydrogen-bond donors (Lipinski definition) is 1. The lowest BCUT2D eigenvalue weighted by atomic mass is 9.96. The van der Waals surface area contributed by atoms with Crippen LogP contribution in [-0.4, -0.2) is 13.7 Å². The smallest absolute Gasteiger partial charge is 0.122 e. The molecule has 1 aromatic heterocycles. The molecule has 0 fully saturated rings. The van der Waals surface area contributed by atoms with E-state index < -0.39 is 0 Å². The van der Waals surface area contributed by atoms with Gasteiger partial charge in [0.1, 0.15) is 5.75 Å². The number of rotatable bonds is 5. The summed E-state index contributed by atoms with van der Waals surface area (Å²) in [6.07, 6.45) is 0. The summed E-state index contributed by atoms with van der Waals surface area (Å²) in [6, 6.07) is 6.85. The fraction of sp³-hybridized carbons (Fsp3) is 0.412. The van der Waals surface area contributed by atoms with Gasteiger partial charge >= 0.3 is 0 Å². The molecule has 3 heteroatoms. The maximum Gasteiger partial charge on any atom is 0.122 e. The molecule has 0 aliphatic rings. The third-order valence-electron chi connectivity index (χ3n) is 3.67. The van der Waals surface area contributed by atoms with Gasteiger partial charge in [-0.2, -0.15) is 0 Å². The van der Waals surface area contributed by atoms with Crippen LogP contribution in [0.15, 0.2) is 23.6 Å². The number of ether oxygens (including phenoxy) is 1. The number of methoxy groups -OCH3 is 1. The Morgan fingerprint density at radius 1 is 1.15 bits per heavy atom. The third kappa shape index (κ3) is 2.89. The zero-order valence-corrected chi connectivity index (χ0v) is 13.7. The van der Waals surface area contributed by atoms with Crippen molar-refractivity contribution in [1.29, 1.82) is 0 Å². The highest BCUT2D eigenvalue weighted by molar-refractivity contribution is 7.10. The monoisotopic (exact) mass is 289 g/mol. The number of benzene rings is 1. The van der Waals surface area contributed by atoms with Crippen molar-refractivity contribution in [2.75, 3.05) is 13.7 Å². The predicted molar refractivity (Wildman–Crippen MR) is 87.0 cm³/mol. The highest BCUT2D eigenvalue weighted by atomic mass is 32.1. The Hall–Kier alpha value is -1.32. The molecule has 1 unspecified atom stereocenters. The second kappa shape index (κ2) is 6.42. The van der Waals surface area contributed by atoms with E-state index in [4.69, 9.17) is 4.74 Å². The molecule has 0 saturated carbocycles. The maximum atomic E-state index is 5.42. The van der Waals surface area contributed by atoms with Crippen LogP contribution in [0.1, 0.15) is 40.1 Å². The Bertz CT molecular complexity index is 589. The molecule has 20 heavy (non-hydrogen) atoms. The first-order valence-corrected chi connectivity index (χ1v) is 7.89. The van der Waals surface area contributed by atoms with E-state index in [1.807, 2.05) is 11.3 Å². The molecule has 0 aliphatic carbocycles. The Balaban J connectivity index is 2.50. The SMILES string of the molecule is CCNC(c1cc(C)c(OC)cc1C)c1sccc1C. The summed E-state index contributed by atoms with van der Waals surface area (Å²) in [7, 11) is 1.73. The van der Waals surface area contributed by atoms with Crippen molar-refractivity contribution in [3.63, 3.8) is 0 Å². The van der Waals surface area contributed by atoms with E-state index in [1.165, 1.54) is 27.1 Å². The molecular weight excluding hydrogens is 266 g/mol. The minimum Gasteiger partial charge on any atom is -0.496 e. The van der Waals surface area contributed by atoms with Crippen LogP contribution in [0.2, 0.25) is 0 Å². The second-order valence-corrected chi connectivity index (χ2v) is 6.08. The highest BCUT2D eigenvalue weighted by Gasteiger charge is 2.19. The van der Waals surface area contributed by atoms with Crippen LogP contribution in [0.5, 0.6) is 5.75 Å². The fourth-order valence-corrected chi connectivity index (χ4v) is 3.59. The first-order valence-electron chi connectivity index (χ1n) is 7.01. The van der Waals surface area contributed by atoms with Crippen LogP contribution in [0.3, 0.4) is 0 Å². The molecule has 0 spiro atoms. The van der Waals surface area contributed by atoms with Gasteiger partial charge in [0.2, 0.25) is 0 Å².